The molecule has 9 heteroatoms. The highest BCUT2D eigenvalue weighted by Crippen LogP contribution is 2.30. The quantitative estimate of drug-likeness (QED) is 0.798. The highest BCUT2D eigenvalue weighted by molar-refractivity contribution is 7.87. The van der Waals surface area contributed by atoms with Gasteiger partial charge in [-0.15, -0.1) is 0 Å². The molecule has 3 heterocycles. The Bertz CT molecular complexity index is 788. The number of pyridine rings is 1. The van der Waals surface area contributed by atoms with Crippen LogP contribution in [0.15, 0.2) is 18.5 Å². The number of nitrogens with one attached hydrogen (secondary N) is 1. The van der Waals surface area contributed by atoms with Gasteiger partial charge in [-0.05, 0) is 25.3 Å². The number of aromatic nitrogens is 3. The third-order valence-electron chi connectivity index (χ3n) is 3.79. The molecule has 0 unspecified atom stereocenters. The molecule has 0 saturated carbocycles. The number of hydrogen-bond donors (Lipinski definition) is 2. The first-order valence-electron chi connectivity index (χ1n) is 7.03. The van der Waals surface area contributed by atoms with Gasteiger partial charge in [0.15, 0.2) is 0 Å². The van der Waals surface area contributed by atoms with Crippen molar-refractivity contribution in [3.63, 3.8) is 0 Å². The number of nitrogens with two attached hydrogens (primary N) is 1. The van der Waals surface area contributed by atoms with E-state index in [4.69, 9.17) is 5.14 Å². The maximum absolute atomic E-state index is 10.8. The van der Waals surface area contributed by atoms with Crippen LogP contribution in [0.3, 0.4) is 0 Å². The maximum atomic E-state index is 10.8. The van der Waals surface area contributed by atoms with Crippen LogP contribution in [0, 0.1) is 12.8 Å². The summed E-state index contributed by atoms with van der Waals surface area (Å²) >= 11 is 0. The minimum Gasteiger partial charge on any atom is -0.369 e. The second-order valence-corrected chi connectivity index (χ2v) is 6.95. The summed E-state index contributed by atoms with van der Waals surface area (Å²) < 4.78 is 23.9. The molecule has 0 amide bonds. The van der Waals surface area contributed by atoms with E-state index in [-0.39, 0.29) is 0 Å². The molecule has 0 bridgehead atoms. The fourth-order valence-corrected chi connectivity index (χ4v) is 3.05. The predicted molar refractivity (Wildman–Crippen MR) is 83.5 cm³/mol. The first kappa shape index (κ1) is 15.1. The predicted octanol–water partition coefficient (Wildman–Crippen LogP) is -0.0474. The van der Waals surface area contributed by atoms with Crippen LogP contribution in [0.1, 0.15) is 12.1 Å². The third kappa shape index (κ3) is 3.32. The Kier molecular flexibility index (Phi) is 3.94. The average molecular weight is 322 g/mol. The van der Waals surface area contributed by atoms with E-state index in [0.717, 1.165) is 41.8 Å². The van der Waals surface area contributed by atoms with Gasteiger partial charge in [0.1, 0.15) is 0 Å². The summed E-state index contributed by atoms with van der Waals surface area (Å²) in [5, 5.41) is 14.1. The summed E-state index contributed by atoms with van der Waals surface area (Å²) in [6, 6.07) is 1.92. The van der Waals surface area contributed by atoms with E-state index in [1.807, 2.05) is 19.2 Å². The van der Waals surface area contributed by atoms with E-state index in [9.17, 15) is 8.42 Å². The van der Waals surface area contributed by atoms with Crippen LogP contribution in [0.5, 0.6) is 0 Å². The van der Waals surface area contributed by atoms with Gasteiger partial charge in [-0.3, -0.25) is 4.98 Å². The fraction of sp³-hybridized carbons (Fsp3) is 0.462. The largest absolute Gasteiger partial charge is 0.369 e. The number of rotatable bonds is 5. The summed E-state index contributed by atoms with van der Waals surface area (Å²) in [5.41, 5.74) is 2.77. The summed E-state index contributed by atoms with van der Waals surface area (Å²) in [5.74, 6) is 0.441. The summed E-state index contributed by atoms with van der Waals surface area (Å²) in [7, 11) is -3.59. The monoisotopic (exact) mass is 322 g/mol. The number of hydrogen-bond acceptors (Lipinski definition) is 6. The number of aryl methyl sites for hydroxylation is 1. The molecule has 2 aromatic rings. The van der Waals surface area contributed by atoms with Crippen molar-refractivity contribution in [3.05, 3.63) is 24.2 Å². The highest BCUT2D eigenvalue weighted by Gasteiger charge is 2.28. The SMILES string of the molecule is Cc1cc2nncc(N3CC(CCNS(N)(=O)=O)C3)c2cn1. The van der Waals surface area contributed by atoms with Gasteiger partial charge in [-0.25, -0.2) is 9.86 Å². The molecule has 8 nitrogen and oxygen atoms in total. The average Bonchev–Trinajstić information content (AvgIpc) is 2.39. The molecule has 22 heavy (non-hydrogen) atoms. The van der Waals surface area contributed by atoms with E-state index >= 15 is 0 Å². The van der Waals surface area contributed by atoms with E-state index < -0.39 is 10.2 Å². The molecule has 0 aromatic carbocycles. The Hall–Kier alpha value is -1.84. The van der Waals surface area contributed by atoms with Crippen molar-refractivity contribution >= 4 is 26.8 Å². The lowest BCUT2D eigenvalue weighted by molar-refractivity contribution is 0.384. The Morgan fingerprint density at radius 3 is 2.91 bits per heavy atom. The smallest absolute Gasteiger partial charge is 0.274 e. The van der Waals surface area contributed by atoms with E-state index in [1.54, 1.807) is 6.20 Å². The molecule has 1 saturated heterocycles. The van der Waals surface area contributed by atoms with Crippen LogP contribution in [0.25, 0.3) is 10.9 Å². The zero-order valence-electron chi connectivity index (χ0n) is 12.2. The molecule has 0 radical (unpaired) electrons. The van der Waals surface area contributed by atoms with Gasteiger partial charge in [0.2, 0.25) is 0 Å². The zero-order chi connectivity index (χ0) is 15.7. The molecular formula is C13H18N6O2S. The maximum Gasteiger partial charge on any atom is 0.274 e. The lowest BCUT2D eigenvalue weighted by atomic mass is 9.95. The second-order valence-electron chi connectivity index (χ2n) is 5.57. The van der Waals surface area contributed by atoms with Gasteiger partial charge in [0.25, 0.3) is 10.2 Å². The number of nitrogens with zero attached hydrogens (tertiary/aromatic N) is 4. The van der Waals surface area contributed by atoms with Crippen LogP contribution in [-0.2, 0) is 10.2 Å². The first-order chi connectivity index (χ1) is 10.4. The van der Waals surface area contributed by atoms with Gasteiger partial charge >= 0.3 is 0 Å². The van der Waals surface area contributed by atoms with Crippen molar-refractivity contribution in [3.8, 4) is 0 Å². The van der Waals surface area contributed by atoms with E-state index in [0.29, 0.717) is 12.5 Å². The van der Waals surface area contributed by atoms with Crippen LogP contribution in [0.4, 0.5) is 5.69 Å². The molecule has 1 fully saturated rings. The standard InChI is InChI=1S/C13H18N6O2S/c1-9-4-12-11(5-15-9)13(6-16-18-12)19-7-10(8-19)2-3-17-22(14,20)21/h4-6,10,17H,2-3,7-8H2,1H3,(H2,14,20,21). The first-order valence-corrected chi connectivity index (χ1v) is 8.57. The Labute approximate surface area is 128 Å². The molecule has 0 spiro atoms. The van der Waals surface area contributed by atoms with Crippen LogP contribution >= 0.6 is 0 Å². The normalized spacial score (nSPS) is 16.0. The summed E-state index contributed by atoms with van der Waals surface area (Å²) in [6.45, 7) is 4.02. The third-order valence-corrected chi connectivity index (χ3v) is 4.40. The minimum absolute atomic E-state index is 0.368. The molecule has 1 aliphatic heterocycles. The van der Waals surface area contributed by atoms with Gasteiger partial charge in [-0.2, -0.15) is 18.6 Å². The van der Waals surface area contributed by atoms with Crippen molar-refractivity contribution < 1.29 is 8.42 Å². The highest BCUT2D eigenvalue weighted by atomic mass is 32.2. The fourth-order valence-electron chi connectivity index (χ4n) is 2.65. The number of anilines is 1. The molecule has 1 aliphatic rings. The van der Waals surface area contributed by atoms with Gasteiger partial charge in [0, 0.05) is 36.9 Å². The molecule has 3 rings (SSSR count). The van der Waals surface area contributed by atoms with Crippen molar-refractivity contribution in [2.75, 3.05) is 24.5 Å². The zero-order valence-corrected chi connectivity index (χ0v) is 13.0. The lowest BCUT2D eigenvalue weighted by Gasteiger charge is -2.41. The molecule has 118 valence electrons. The Balaban J connectivity index is 1.63. The van der Waals surface area contributed by atoms with E-state index in [2.05, 4.69) is 24.8 Å². The van der Waals surface area contributed by atoms with Crippen LogP contribution in [-0.4, -0.2) is 43.2 Å². The Morgan fingerprint density at radius 1 is 1.41 bits per heavy atom. The van der Waals surface area contributed by atoms with Gasteiger partial charge < -0.3 is 4.90 Å². The molecule has 3 N–H and O–H groups in total. The summed E-state index contributed by atoms with van der Waals surface area (Å²) in [4.78, 5) is 6.52. The van der Waals surface area contributed by atoms with Gasteiger partial charge in [0.05, 0.1) is 17.4 Å². The van der Waals surface area contributed by atoms with Crippen molar-refractivity contribution in [1.82, 2.24) is 19.9 Å². The molecular weight excluding hydrogens is 304 g/mol. The second kappa shape index (κ2) is 5.75. The molecule has 0 aliphatic carbocycles. The lowest BCUT2D eigenvalue weighted by Crippen LogP contribution is -2.48. The van der Waals surface area contributed by atoms with Crippen LogP contribution in [0.2, 0.25) is 0 Å². The Morgan fingerprint density at radius 2 is 2.18 bits per heavy atom. The van der Waals surface area contributed by atoms with E-state index in [1.165, 1.54) is 0 Å². The van der Waals surface area contributed by atoms with Gasteiger partial charge in [-0.1, -0.05) is 0 Å². The number of fused-ring (bicyclic) bond motifs is 1. The topological polar surface area (TPSA) is 114 Å². The minimum atomic E-state index is -3.59. The van der Waals surface area contributed by atoms with Crippen LogP contribution < -0.4 is 14.8 Å². The van der Waals surface area contributed by atoms with Crippen molar-refractivity contribution in [1.29, 1.82) is 0 Å². The summed E-state index contributed by atoms with van der Waals surface area (Å²) in [6.07, 6.45) is 4.34. The molecule has 2 aromatic heterocycles. The van der Waals surface area contributed by atoms with Crippen molar-refractivity contribution in [2.24, 2.45) is 11.1 Å². The van der Waals surface area contributed by atoms with Crippen molar-refractivity contribution in [2.45, 2.75) is 13.3 Å². The molecule has 0 atom stereocenters.